The first-order valence-corrected chi connectivity index (χ1v) is 12.7. The third-order valence-electron chi connectivity index (χ3n) is 4.29. The van der Waals surface area contributed by atoms with Crippen LogP contribution in [0.2, 0.25) is 10.0 Å². The average molecular weight is 490 g/mol. The van der Waals surface area contributed by atoms with Crippen LogP contribution in [0.4, 0.5) is 17.2 Å². The highest BCUT2D eigenvalue weighted by Gasteiger charge is 2.34. The van der Waals surface area contributed by atoms with Gasteiger partial charge in [-0.2, -0.15) is 0 Å². The van der Waals surface area contributed by atoms with Gasteiger partial charge in [-0.05, 0) is 25.5 Å². The molecule has 1 aromatic carbocycles. The van der Waals surface area contributed by atoms with E-state index in [1.165, 1.54) is 30.2 Å². The number of nitrogens with zero attached hydrogens (tertiary/aromatic N) is 2. The molecule has 12 heteroatoms. The molecule has 0 saturated carbocycles. The number of fused-ring (bicyclic) bond motifs is 1. The van der Waals surface area contributed by atoms with Crippen molar-refractivity contribution in [1.82, 2.24) is 9.97 Å². The molecular weight excluding hydrogens is 469 g/mol. The van der Waals surface area contributed by atoms with Crippen molar-refractivity contribution >= 4 is 68.1 Å². The van der Waals surface area contributed by atoms with Gasteiger partial charge in [-0.3, -0.25) is 9.52 Å². The minimum absolute atomic E-state index is 0.0254. The quantitative estimate of drug-likeness (QED) is 0.509. The van der Waals surface area contributed by atoms with Crippen molar-refractivity contribution in [3.63, 3.8) is 0 Å². The monoisotopic (exact) mass is 489 g/mol. The molecule has 0 aliphatic carbocycles. The number of anilines is 3. The fourth-order valence-electron chi connectivity index (χ4n) is 2.96. The fourth-order valence-corrected chi connectivity index (χ4v) is 5.92. The zero-order valence-electron chi connectivity index (χ0n) is 16.3. The lowest BCUT2D eigenvalue weighted by Gasteiger charge is -2.16. The van der Waals surface area contributed by atoms with E-state index in [1.807, 2.05) is 6.92 Å². The van der Waals surface area contributed by atoms with Crippen molar-refractivity contribution < 1.29 is 13.2 Å². The van der Waals surface area contributed by atoms with Gasteiger partial charge in [-0.25, -0.2) is 18.4 Å². The van der Waals surface area contributed by atoms with Crippen molar-refractivity contribution in [3.8, 4) is 0 Å². The van der Waals surface area contributed by atoms with E-state index < -0.39 is 15.9 Å². The SMILES string of the molecule is CCCS(=O)(=O)Nc1ccc(Cl)c(NC(=O)C2CSc3c(NCC)ncnc32)c1Cl. The summed E-state index contributed by atoms with van der Waals surface area (Å²) in [4.78, 5) is 22.3. The third-order valence-corrected chi connectivity index (χ3v) is 7.67. The zero-order chi connectivity index (χ0) is 21.9. The summed E-state index contributed by atoms with van der Waals surface area (Å²) >= 11 is 14.1. The van der Waals surface area contributed by atoms with Gasteiger partial charge in [-0.15, -0.1) is 11.8 Å². The largest absolute Gasteiger partial charge is 0.369 e. The highest BCUT2D eigenvalue weighted by atomic mass is 35.5. The maximum atomic E-state index is 13.0. The van der Waals surface area contributed by atoms with E-state index in [2.05, 4.69) is 25.3 Å². The molecule has 2 aromatic rings. The molecule has 1 aliphatic rings. The number of hydrogen-bond acceptors (Lipinski definition) is 7. The Labute approximate surface area is 189 Å². The number of benzene rings is 1. The minimum atomic E-state index is -3.55. The molecule has 0 saturated heterocycles. The predicted molar refractivity (Wildman–Crippen MR) is 122 cm³/mol. The van der Waals surface area contributed by atoms with Gasteiger partial charge in [0.15, 0.2) is 0 Å². The molecule has 1 amide bonds. The van der Waals surface area contributed by atoms with Gasteiger partial charge in [0.25, 0.3) is 0 Å². The van der Waals surface area contributed by atoms with Gasteiger partial charge in [-0.1, -0.05) is 30.1 Å². The summed E-state index contributed by atoms with van der Waals surface area (Å²) in [7, 11) is -3.55. The van der Waals surface area contributed by atoms with E-state index >= 15 is 0 Å². The second-order valence-electron chi connectivity index (χ2n) is 6.52. The molecule has 2 heterocycles. The Balaban J connectivity index is 1.85. The van der Waals surface area contributed by atoms with E-state index in [4.69, 9.17) is 23.2 Å². The van der Waals surface area contributed by atoms with Gasteiger partial charge >= 0.3 is 0 Å². The average Bonchev–Trinajstić information content (AvgIpc) is 3.13. The Morgan fingerprint density at radius 3 is 2.73 bits per heavy atom. The first-order chi connectivity index (χ1) is 14.3. The summed E-state index contributed by atoms with van der Waals surface area (Å²) in [5.41, 5.74) is 0.942. The lowest BCUT2D eigenvalue weighted by Crippen LogP contribution is -2.23. The number of rotatable bonds is 8. The van der Waals surface area contributed by atoms with Gasteiger partial charge in [0, 0.05) is 12.3 Å². The molecule has 162 valence electrons. The zero-order valence-corrected chi connectivity index (χ0v) is 19.5. The first kappa shape index (κ1) is 22.9. The topological polar surface area (TPSA) is 113 Å². The number of halogens is 2. The molecule has 1 aromatic heterocycles. The number of carbonyl (C=O) groups is 1. The first-order valence-electron chi connectivity index (χ1n) is 9.28. The minimum Gasteiger partial charge on any atom is -0.369 e. The molecule has 1 unspecified atom stereocenters. The van der Waals surface area contributed by atoms with Crippen LogP contribution in [0.15, 0.2) is 23.4 Å². The summed E-state index contributed by atoms with van der Waals surface area (Å²) in [6, 6.07) is 2.94. The van der Waals surface area contributed by atoms with Crippen molar-refractivity contribution in [2.24, 2.45) is 0 Å². The van der Waals surface area contributed by atoms with Crippen molar-refractivity contribution in [2.75, 3.05) is 33.4 Å². The van der Waals surface area contributed by atoms with Crippen LogP contribution in [0.5, 0.6) is 0 Å². The molecule has 0 bridgehead atoms. The summed E-state index contributed by atoms with van der Waals surface area (Å²) in [5.74, 6) is 0.303. The van der Waals surface area contributed by atoms with Crippen LogP contribution in [0.3, 0.4) is 0 Å². The van der Waals surface area contributed by atoms with Crippen LogP contribution in [-0.2, 0) is 14.8 Å². The molecule has 1 aliphatic heterocycles. The highest BCUT2D eigenvalue weighted by molar-refractivity contribution is 7.99. The Kier molecular flexibility index (Phi) is 7.33. The molecule has 8 nitrogen and oxygen atoms in total. The Morgan fingerprint density at radius 1 is 1.27 bits per heavy atom. The van der Waals surface area contributed by atoms with Crippen molar-refractivity contribution in [1.29, 1.82) is 0 Å². The molecule has 1 atom stereocenters. The van der Waals surface area contributed by atoms with Gasteiger partial charge < -0.3 is 10.6 Å². The van der Waals surface area contributed by atoms with Crippen LogP contribution < -0.4 is 15.4 Å². The number of carbonyl (C=O) groups excluding carboxylic acids is 1. The van der Waals surface area contributed by atoms with Crippen LogP contribution in [-0.4, -0.2) is 42.3 Å². The number of sulfonamides is 1. The molecule has 0 fully saturated rings. The number of amides is 1. The Morgan fingerprint density at radius 2 is 2.03 bits per heavy atom. The van der Waals surface area contributed by atoms with Crippen molar-refractivity contribution in [3.05, 3.63) is 34.2 Å². The van der Waals surface area contributed by atoms with Gasteiger partial charge in [0.05, 0.1) is 43.7 Å². The molecule has 0 spiro atoms. The number of nitrogens with one attached hydrogen (secondary N) is 3. The molecule has 0 radical (unpaired) electrons. The van der Waals surface area contributed by atoms with E-state index in [0.717, 1.165) is 4.90 Å². The second kappa shape index (κ2) is 9.59. The van der Waals surface area contributed by atoms with E-state index in [9.17, 15) is 13.2 Å². The fraction of sp³-hybridized carbons (Fsp3) is 0.389. The summed E-state index contributed by atoms with van der Waals surface area (Å²) in [6.45, 7) is 4.42. The third kappa shape index (κ3) is 4.93. The maximum Gasteiger partial charge on any atom is 0.234 e. The van der Waals surface area contributed by atoms with Crippen LogP contribution in [0, 0.1) is 0 Å². The van der Waals surface area contributed by atoms with E-state index in [-0.39, 0.29) is 33.1 Å². The smallest absolute Gasteiger partial charge is 0.234 e. The van der Waals surface area contributed by atoms with Crippen LogP contribution in [0.25, 0.3) is 0 Å². The maximum absolute atomic E-state index is 13.0. The highest BCUT2D eigenvalue weighted by Crippen LogP contribution is 2.43. The van der Waals surface area contributed by atoms with Gasteiger partial charge in [0.1, 0.15) is 12.1 Å². The van der Waals surface area contributed by atoms with Crippen LogP contribution >= 0.6 is 35.0 Å². The standard InChI is InChI=1S/C18H21Cl2N5O3S2/c1-3-7-30(27,28)25-12-6-5-11(19)15(13(12)20)24-18(26)10-8-29-16-14(10)22-9-23-17(16)21-4-2/h5-6,9-10,25H,3-4,7-8H2,1-2H3,(H,24,26)(H,21,22,23). The molecule has 3 N–H and O–H groups in total. The summed E-state index contributed by atoms with van der Waals surface area (Å²) in [5, 5.41) is 6.13. The summed E-state index contributed by atoms with van der Waals surface area (Å²) < 4.78 is 26.6. The summed E-state index contributed by atoms with van der Waals surface area (Å²) in [6.07, 6.45) is 1.88. The lowest BCUT2D eigenvalue weighted by atomic mass is 10.1. The number of aromatic nitrogens is 2. The number of thioether (sulfide) groups is 1. The Bertz CT molecular complexity index is 1070. The van der Waals surface area contributed by atoms with E-state index in [1.54, 1.807) is 6.92 Å². The lowest BCUT2D eigenvalue weighted by molar-refractivity contribution is -0.117. The number of hydrogen-bond donors (Lipinski definition) is 3. The second-order valence-corrected chi connectivity index (χ2v) is 10.2. The normalized spacial score (nSPS) is 15.5. The predicted octanol–water partition coefficient (Wildman–Crippen LogP) is 4.19. The van der Waals surface area contributed by atoms with Gasteiger partial charge in [0.2, 0.25) is 15.9 Å². The molecular formula is C18H21Cl2N5O3S2. The Hall–Kier alpha value is -1.75. The van der Waals surface area contributed by atoms with E-state index in [0.29, 0.717) is 30.2 Å². The van der Waals surface area contributed by atoms with Crippen LogP contribution in [0.1, 0.15) is 31.9 Å². The molecule has 30 heavy (non-hydrogen) atoms. The molecule has 3 rings (SSSR count). The van der Waals surface area contributed by atoms with Crippen molar-refractivity contribution in [2.45, 2.75) is 31.1 Å².